The van der Waals surface area contributed by atoms with Gasteiger partial charge in [-0.2, -0.15) is 13.2 Å². The molecule has 1 heterocycles. The Hall–Kier alpha value is -2.54. The van der Waals surface area contributed by atoms with Crippen LogP contribution in [0.3, 0.4) is 0 Å². The van der Waals surface area contributed by atoms with Crippen molar-refractivity contribution in [3.05, 3.63) is 58.4 Å². The Balaban J connectivity index is 2.01. The number of fused-ring (bicyclic) bond motifs is 1. The zero-order valence-electron chi connectivity index (χ0n) is 14.9. The van der Waals surface area contributed by atoms with Crippen molar-refractivity contribution in [3.8, 4) is 5.75 Å². The molecule has 0 bridgehead atoms. The molecule has 0 spiro atoms. The van der Waals surface area contributed by atoms with E-state index in [4.69, 9.17) is 16.3 Å². The second-order valence-corrected chi connectivity index (χ2v) is 6.45. The average molecular weight is 396 g/mol. The molecular formula is C19H17ClF3N3O. The first-order valence-electron chi connectivity index (χ1n) is 8.15. The molecule has 142 valence electrons. The number of hydrogen-bond acceptors (Lipinski definition) is 4. The molecule has 0 fully saturated rings. The monoisotopic (exact) mass is 395 g/mol. The fraction of sp³-hybridized carbons (Fsp3) is 0.263. The Kier molecular flexibility index (Phi) is 5.15. The Bertz CT molecular complexity index is 992. The van der Waals surface area contributed by atoms with Gasteiger partial charge >= 0.3 is 6.18 Å². The maximum Gasteiger partial charge on any atom is 0.416 e. The third-order valence-electron chi connectivity index (χ3n) is 4.38. The number of halogens is 4. The molecule has 2 aromatic carbocycles. The fourth-order valence-corrected chi connectivity index (χ4v) is 3.21. The first kappa shape index (κ1) is 19.2. The van der Waals surface area contributed by atoms with Crippen molar-refractivity contribution in [2.45, 2.75) is 26.1 Å². The van der Waals surface area contributed by atoms with Crippen molar-refractivity contribution in [1.82, 2.24) is 9.97 Å². The SMILES string of the molecule is COc1ccc2c(N[C@H](C)c3cccc(C(F)(F)F)c3C)nc(Cl)nc2c1. The van der Waals surface area contributed by atoms with Crippen LogP contribution in [0.1, 0.15) is 29.7 Å². The number of alkyl halides is 3. The summed E-state index contributed by atoms with van der Waals surface area (Å²) in [5.74, 6) is 1.06. The predicted octanol–water partition coefficient (Wildman–Crippen LogP) is 5.79. The maximum absolute atomic E-state index is 13.2. The summed E-state index contributed by atoms with van der Waals surface area (Å²) < 4.78 is 44.7. The van der Waals surface area contributed by atoms with Crippen molar-refractivity contribution in [1.29, 1.82) is 0 Å². The lowest BCUT2D eigenvalue weighted by Gasteiger charge is -2.21. The van der Waals surface area contributed by atoms with Gasteiger partial charge in [0.05, 0.1) is 24.2 Å². The highest BCUT2D eigenvalue weighted by atomic mass is 35.5. The summed E-state index contributed by atoms with van der Waals surface area (Å²) in [6.45, 7) is 3.24. The third kappa shape index (κ3) is 3.93. The molecule has 4 nitrogen and oxygen atoms in total. The second kappa shape index (κ2) is 7.23. The smallest absolute Gasteiger partial charge is 0.416 e. The minimum atomic E-state index is -4.40. The molecule has 0 unspecified atom stereocenters. The first-order chi connectivity index (χ1) is 12.7. The number of ether oxygens (including phenoxy) is 1. The molecule has 27 heavy (non-hydrogen) atoms. The zero-order chi connectivity index (χ0) is 19.8. The third-order valence-corrected chi connectivity index (χ3v) is 4.55. The number of nitrogens with one attached hydrogen (secondary N) is 1. The predicted molar refractivity (Wildman–Crippen MR) is 99.3 cm³/mol. The Morgan fingerprint density at radius 2 is 1.89 bits per heavy atom. The van der Waals surface area contributed by atoms with Gasteiger partial charge in [0, 0.05) is 11.5 Å². The van der Waals surface area contributed by atoms with Gasteiger partial charge < -0.3 is 10.1 Å². The number of rotatable bonds is 4. The van der Waals surface area contributed by atoms with E-state index in [9.17, 15) is 13.2 Å². The van der Waals surface area contributed by atoms with Gasteiger partial charge in [0.25, 0.3) is 0 Å². The minimum Gasteiger partial charge on any atom is -0.497 e. The molecule has 1 atom stereocenters. The first-order valence-corrected chi connectivity index (χ1v) is 8.53. The fourth-order valence-electron chi connectivity index (χ4n) is 3.03. The molecule has 0 aliphatic rings. The molecule has 0 saturated heterocycles. The number of hydrogen-bond donors (Lipinski definition) is 1. The lowest BCUT2D eigenvalue weighted by molar-refractivity contribution is -0.138. The van der Waals surface area contributed by atoms with E-state index < -0.39 is 17.8 Å². The van der Waals surface area contributed by atoms with Crippen molar-refractivity contribution >= 4 is 28.3 Å². The van der Waals surface area contributed by atoms with Gasteiger partial charge in [0.1, 0.15) is 11.6 Å². The second-order valence-electron chi connectivity index (χ2n) is 6.11. The van der Waals surface area contributed by atoms with Crippen LogP contribution in [0.5, 0.6) is 5.75 Å². The van der Waals surface area contributed by atoms with Crippen molar-refractivity contribution in [2.75, 3.05) is 12.4 Å². The molecule has 1 aromatic heterocycles. The van der Waals surface area contributed by atoms with E-state index in [-0.39, 0.29) is 10.8 Å². The average Bonchev–Trinajstić information content (AvgIpc) is 2.60. The van der Waals surface area contributed by atoms with Crippen molar-refractivity contribution in [2.24, 2.45) is 0 Å². The summed E-state index contributed by atoms with van der Waals surface area (Å²) in [6, 6.07) is 8.96. The Labute approximate surface area is 159 Å². The van der Waals surface area contributed by atoms with Crippen LogP contribution in [0.25, 0.3) is 10.9 Å². The van der Waals surface area contributed by atoms with Gasteiger partial charge in [-0.15, -0.1) is 0 Å². The normalized spacial score (nSPS) is 12.9. The molecule has 0 aliphatic heterocycles. The topological polar surface area (TPSA) is 47.0 Å². The summed E-state index contributed by atoms with van der Waals surface area (Å²) in [6.07, 6.45) is -4.40. The van der Waals surface area contributed by atoms with Crippen LogP contribution in [-0.2, 0) is 6.18 Å². The molecule has 0 saturated carbocycles. The number of nitrogens with zero attached hydrogens (tertiary/aromatic N) is 2. The number of benzene rings is 2. The Morgan fingerprint density at radius 3 is 2.56 bits per heavy atom. The van der Waals surface area contributed by atoms with E-state index in [1.165, 1.54) is 13.0 Å². The van der Waals surface area contributed by atoms with Crippen LogP contribution in [-0.4, -0.2) is 17.1 Å². The highest BCUT2D eigenvalue weighted by Gasteiger charge is 2.33. The standard InChI is InChI=1S/C19H17ClF3N3O/c1-10-13(5-4-6-15(10)19(21,22)23)11(2)24-17-14-8-7-12(27-3)9-16(14)25-18(20)26-17/h4-9,11H,1-3H3,(H,24,25,26)/t11-/m1/s1. The van der Waals surface area contributed by atoms with Gasteiger partial charge in [0.2, 0.25) is 5.28 Å². The maximum atomic E-state index is 13.2. The largest absolute Gasteiger partial charge is 0.497 e. The molecular weight excluding hydrogens is 379 g/mol. The van der Waals surface area contributed by atoms with E-state index >= 15 is 0 Å². The summed E-state index contributed by atoms with van der Waals surface area (Å²) >= 11 is 6.01. The number of methoxy groups -OCH3 is 1. The van der Waals surface area contributed by atoms with E-state index in [0.29, 0.717) is 28.0 Å². The van der Waals surface area contributed by atoms with E-state index in [2.05, 4.69) is 15.3 Å². The summed E-state index contributed by atoms with van der Waals surface area (Å²) in [5.41, 5.74) is 0.631. The van der Waals surface area contributed by atoms with Crippen molar-refractivity contribution < 1.29 is 17.9 Å². The van der Waals surface area contributed by atoms with Crippen LogP contribution >= 0.6 is 11.6 Å². The van der Waals surface area contributed by atoms with Crippen LogP contribution in [0.15, 0.2) is 36.4 Å². The molecule has 0 radical (unpaired) electrons. The minimum absolute atomic E-state index is 0.0335. The van der Waals surface area contributed by atoms with E-state index in [0.717, 1.165) is 6.07 Å². The molecule has 3 aromatic rings. The van der Waals surface area contributed by atoms with Crippen LogP contribution in [0.4, 0.5) is 19.0 Å². The summed E-state index contributed by atoms with van der Waals surface area (Å²) in [4.78, 5) is 8.38. The molecule has 8 heteroatoms. The number of aromatic nitrogens is 2. The van der Waals surface area contributed by atoms with Crippen LogP contribution in [0, 0.1) is 6.92 Å². The lowest BCUT2D eigenvalue weighted by Crippen LogP contribution is -2.14. The van der Waals surface area contributed by atoms with E-state index in [1.54, 1.807) is 38.3 Å². The van der Waals surface area contributed by atoms with Gasteiger partial charge in [-0.1, -0.05) is 12.1 Å². The lowest BCUT2D eigenvalue weighted by atomic mass is 9.97. The highest BCUT2D eigenvalue weighted by Crippen LogP contribution is 2.35. The summed E-state index contributed by atoms with van der Waals surface area (Å²) in [7, 11) is 1.54. The van der Waals surface area contributed by atoms with Gasteiger partial charge in [-0.25, -0.2) is 9.97 Å². The Morgan fingerprint density at radius 1 is 1.15 bits per heavy atom. The number of anilines is 1. The van der Waals surface area contributed by atoms with Gasteiger partial charge in [-0.05, 0) is 54.8 Å². The molecule has 0 aliphatic carbocycles. The molecule has 3 rings (SSSR count). The van der Waals surface area contributed by atoms with Crippen molar-refractivity contribution in [3.63, 3.8) is 0 Å². The van der Waals surface area contributed by atoms with Gasteiger partial charge in [0.15, 0.2) is 0 Å². The summed E-state index contributed by atoms with van der Waals surface area (Å²) in [5, 5.41) is 3.88. The van der Waals surface area contributed by atoms with E-state index in [1.807, 2.05) is 0 Å². The highest BCUT2D eigenvalue weighted by molar-refractivity contribution is 6.28. The van der Waals surface area contributed by atoms with Crippen LogP contribution in [0.2, 0.25) is 5.28 Å². The van der Waals surface area contributed by atoms with Gasteiger partial charge in [-0.3, -0.25) is 0 Å². The molecule has 0 amide bonds. The van der Waals surface area contributed by atoms with Crippen LogP contribution < -0.4 is 10.1 Å². The zero-order valence-corrected chi connectivity index (χ0v) is 15.6. The molecule has 1 N–H and O–H groups in total. The quantitative estimate of drug-likeness (QED) is 0.568.